The van der Waals surface area contributed by atoms with Gasteiger partial charge < -0.3 is 5.11 Å². The van der Waals surface area contributed by atoms with Crippen LogP contribution in [0.1, 0.15) is 19.3 Å². The van der Waals surface area contributed by atoms with Gasteiger partial charge in [0.1, 0.15) is 0 Å². The molecule has 1 aliphatic rings. The number of aliphatic hydroxyl groups is 1. The second kappa shape index (κ2) is 5.75. The fourth-order valence-corrected chi connectivity index (χ4v) is 4.30. The Morgan fingerprint density at radius 2 is 1.86 bits per heavy atom. The molecule has 112 valence electrons. The highest BCUT2D eigenvalue weighted by atomic mass is 32.2. The molecule has 4 nitrogen and oxygen atoms in total. The summed E-state index contributed by atoms with van der Waals surface area (Å²) in [5.41, 5.74) is 0. The molecule has 1 saturated carbocycles. The van der Waals surface area contributed by atoms with E-state index in [2.05, 4.69) is 4.72 Å². The lowest BCUT2D eigenvalue weighted by molar-refractivity contribution is 0.134. The van der Waals surface area contributed by atoms with Crippen LogP contribution in [-0.4, -0.2) is 26.2 Å². The second-order valence-electron chi connectivity index (χ2n) is 5.59. The number of hydrogen-bond donors (Lipinski definition) is 2. The second-order valence-corrected chi connectivity index (χ2v) is 7.32. The minimum Gasteiger partial charge on any atom is -0.393 e. The molecule has 2 atom stereocenters. The maximum Gasteiger partial charge on any atom is 0.241 e. The first-order valence-corrected chi connectivity index (χ1v) is 8.72. The van der Waals surface area contributed by atoms with Crippen molar-refractivity contribution in [1.82, 2.24) is 4.72 Å². The maximum absolute atomic E-state index is 12.5. The Labute approximate surface area is 124 Å². The van der Waals surface area contributed by atoms with Crippen LogP contribution in [0.5, 0.6) is 0 Å². The normalized spacial score (nSPS) is 22.7. The van der Waals surface area contributed by atoms with Crippen LogP contribution < -0.4 is 4.72 Å². The summed E-state index contributed by atoms with van der Waals surface area (Å²) in [4.78, 5) is 0.299. The first kappa shape index (κ1) is 14.5. The molecule has 0 unspecified atom stereocenters. The number of benzene rings is 2. The van der Waals surface area contributed by atoms with Crippen molar-refractivity contribution < 1.29 is 13.5 Å². The van der Waals surface area contributed by atoms with Crippen molar-refractivity contribution in [3.8, 4) is 0 Å². The molecule has 2 aromatic carbocycles. The number of aliphatic hydroxyl groups excluding tert-OH is 1. The SMILES string of the molecule is O=S(=O)(NC[C@H]1CCC[C@H]1O)c1cccc2ccccc12. The fourth-order valence-electron chi connectivity index (χ4n) is 2.98. The molecule has 3 rings (SSSR count). The van der Waals surface area contributed by atoms with Gasteiger partial charge in [-0.2, -0.15) is 0 Å². The third kappa shape index (κ3) is 2.95. The minimum atomic E-state index is -3.56. The summed E-state index contributed by atoms with van der Waals surface area (Å²) < 4.78 is 27.7. The van der Waals surface area contributed by atoms with Crippen molar-refractivity contribution in [2.24, 2.45) is 5.92 Å². The molecule has 1 aliphatic carbocycles. The van der Waals surface area contributed by atoms with E-state index >= 15 is 0 Å². The summed E-state index contributed by atoms with van der Waals surface area (Å²) in [7, 11) is -3.56. The monoisotopic (exact) mass is 305 g/mol. The van der Waals surface area contributed by atoms with Crippen molar-refractivity contribution in [2.45, 2.75) is 30.3 Å². The molecule has 2 N–H and O–H groups in total. The highest BCUT2D eigenvalue weighted by molar-refractivity contribution is 7.89. The molecular formula is C16H19NO3S. The van der Waals surface area contributed by atoms with E-state index < -0.39 is 10.0 Å². The average Bonchev–Trinajstić information content (AvgIpc) is 2.90. The smallest absolute Gasteiger partial charge is 0.241 e. The third-order valence-corrected chi connectivity index (χ3v) is 5.68. The van der Waals surface area contributed by atoms with Crippen LogP contribution in [0.4, 0.5) is 0 Å². The standard InChI is InChI=1S/C16H19NO3S/c18-15-9-3-7-13(15)11-17-21(19,20)16-10-4-6-12-5-1-2-8-14(12)16/h1-2,4-6,8,10,13,15,17-18H,3,7,9,11H2/t13-,15-/m1/s1. The van der Waals surface area contributed by atoms with Gasteiger partial charge in [-0.05, 0) is 30.2 Å². The predicted octanol–water partition coefficient (Wildman–Crippen LogP) is 2.28. The van der Waals surface area contributed by atoms with E-state index in [9.17, 15) is 13.5 Å². The van der Waals surface area contributed by atoms with Crippen LogP contribution in [0.15, 0.2) is 47.4 Å². The summed E-state index contributed by atoms with van der Waals surface area (Å²) >= 11 is 0. The average molecular weight is 305 g/mol. The maximum atomic E-state index is 12.5. The highest BCUT2D eigenvalue weighted by Gasteiger charge is 2.27. The van der Waals surface area contributed by atoms with Crippen LogP contribution in [0.25, 0.3) is 10.8 Å². The molecule has 0 aliphatic heterocycles. The largest absolute Gasteiger partial charge is 0.393 e. The molecule has 0 saturated heterocycles. The topological polar surface area (TPSA) is 66.4 Å². The van der Waals surface area contributed by atoms with E-state index in [-0.39, 0.29) is 12.0 Å². The van der Waals surface area contributed by atoms with Gasteiger partial charge in [-0.3, -0.25) is 0 Å². The van der Waals surface area contributed by atoms with E-state index in [1.165, 1.54) is 0 Å². The van der Waals surface area contributed by atoms with Gasteiger partial charge in [0.25, 0.3) is 0 Å². The summed E-state index contributed by atoms with van der Waals surface area (Å²) in [6.07, 6.45) is 2.21. The van der Waals surface area contributed by atoms with Gasteiger partial charge in [-0.25, -0.2) is 13.1 Å². The Kier molecular flexibility index (Phi) is 3.97. The van der Waals surface area contributed by atoms with Crippen molar-refractivity contribution in [3.63, 3.8) is 0 Å². The van der Waals surface area contributed by atoms with Gasteiger partial charge >= 0.3 is 0 Å². The Hall–Kier alpha value is -1.43. The lowest BCUT2D eigenvalue weighted by Gasteiger charge is -2.16. The quantitative estimate of drug-likeness (QED) is 0.910. The van der Waals surface area contributed by atoms with Crippen LogP contribution in [0.3, 0.4) is 0 Å². The highest BCUT2D eigenvalue weighted by Crippen LogP contribution is 2.26. The van der Waals surface area contributed by atoms with Crippen LogP contribution in [-0.2, 0) is 10.0 Å². The first-order chi connectivity index (χ1) is 10.1. The van der Waals surface area contributed by atoms with Gasteiger partial charge in [-0.15, -0.1) is 0 Å². The van der Waals surface area contributed by atoms with Crippen molar-refractivity contribution in [2.75, 3.05) is 6.54 Å². The van der Waals surface area contributed by atoms with Crippen LogP contribution >= 0.6 is 0 Å². The van der Waals surface area contributed by atoms with Crippen molar-refractivity contribution in [3.05, 3.63) is 42.5 Å². The Bertz CT molecular complexity index is 737. The number of hydrogen-bond acceptors (Lipinski definition) is 3. The minimum absolute atomic E-state index is 0.0229. The molecular weight excluding hydrogens is 286 g/mol. The van der Waals surface area contributed by atoms with E-state index in [0.717, 1.165) is 30.0 Å². The summed E-state index contributed by atoms with van der Waals surface area (Å²) in [6, 6.07) is 12.7. The zero-order chi connectivity index (χ0) is 14.9. The Morgan fingerprint density at radius 3 is 2.62 bits per heavy atom. The van der Waals surface area contributed by atoms with Gasteiger partial charge in [0.2, 0.25) is 10.0 Å². The molecule has 0 heterocycles. The molecule has 0 aromatic heterocycles. The van der Waals surface area contributed by atoms with Gasteiger partial charge in [0.05, 0.1) is 11.0 Å². The van der Waals surface area contributed by atoms with Gasteiger partial charge in [0.15, 0.2) is 0 Å². The fraction of sp³-hybridized carbons (Fsp3) is 0.375. The predicted molar refractivity (Wildman–Crippen MR) is 82.5 cm³/mol. The molecule has 0 radical (unpaired) electrons. The zero-order valence-corrected chi connectivity index (χ0v) is 12.5. The number of nitrogens with one attached hydrogen (secondary N) is 1. The van der Waals surface area contributed by atoms with Gasteiger partial charge in [-0.1, -0.05) is 42.8 Å². The lowest BCUT2D eigenvalue weighted by atomic mass is 10.1. The van der Waals surface area contributed by atoms with Crippen LogP contribution in [0.2, 0.25) is 0 Å². The molecule has 1 fully saturated rings. The molecule has 5 heteroatoms. The summed E-state index contributed by atoms with van der Waals surface area (Å²) in [5, 5.41) is 11.4. The molecule has 0 spiro atoms. The lowest BCUT2D eigenvalue weighted by Crippen LogP contribution is -2.32. The van der Waals surface area contributed by atoms with E-state index in [4.69, 9.17) is 0 Å². The Balaban J connectivity index is 1.86. The van der Waals surface area contributed by atoms with E-state index in [1.807, 2.05) is 30.3 Å². The number of sulfonamides is 1. The first-order valence-electron chi connectivity index (χ1n) is 7.23. The van der Waals surface area contributed by atoms with Gasteiger partial charge in [0, 0.05) is 11.9 Å². The molecule has 0 amide bonds. The zero-order valence-electron chi connectivity index (χ0n) is 11.7. The molecule has 0 bridgehead atoms. The number of rotatable bonds is 4. The molecule has 21 heavy (non-hydrogen) atoms. The van der Waals surface area contributed by atoms with Crippen molar-refractivity contribution in [1.29, 1.82) is 0 Å². The third-order valence-electron chi connectivity index (χ3n) is 4.19. The van der Waals surface area contributed by atoms with E-state index in [0.29, 0.717) is 11.4 Å². The Morgan fingerprint density at radius 1 is 1.10 bits per heavy atom. The summed E-state index contributed by atoms with van der Waals surface area (Å²) in [6.45, 7) is 0.298. The molecule has 2 aromatic rings. The van der Waals surface area contributed by atoms with E-state index in [1.54, 1.807) is 12.1 Å². The number of fused-ring (bicyclic) bond motifs is 1. The van der Waals surface area contributed by atoms with Crippen molar-refractivity contribution >= 4 is 20.8 Å². The van der Waals surface area contributed by atoms with Crippen LogP contribution in [0, 0.1) is 5.92 Å². The summed E-state index contributed by atoms with van der Waals surface area (Å²) in [5.74, 6) is 0.0229.